The molecule has 0 amide bonds. The largest absolute Gasteiger partial charge is 0.508 e. The molecule has 0 bridgehead atoms. The van der Waals surface area contributed by atoms with Gasteiger partial charge >= 0.3 is 0 Å². The van der Waals surface area contributed by atoms with Crippen molar-refractivity contribution < 1.29 is 5.11 Å². The third-order valence-electron chi connectivity index (χ3n) is 5.81. The van der Waals surface area contributed by atoms with Gasteiger partial charge in [0, 0.05) is 22.6 Å². The van der Waals surface area contributed by atoms with E-state index in [9.17, 15) is 5.11 Å². The average Bonchev–Trinajstić information content (AvgIpc) is 3.07. The van der Waals surface area contributed by atoms with Crippen molar-refractivity contribution in [2.24, 2.45) is 5.10 Å². The summed E-state index contributed by atoms with van der Waals surface area (Å²) in [5.41, 5.74) is 3.09. The predicted octanol–water partition coefficient (Wildman–Crippen LogP) is 11.7. The monoisotopic (exact) mass is 655 g/mol. The number of nitrogens with one attached hydrogen (secondary N) is 1. The average molecular weight is 656 g/mol. The molecule has 2 N–H and O–H groups in total. The lowest BCUT2D eigenvalue weighted by Crippen LogP contribution is -2.20. The number of para-hydroxylation sites is 1. The van der Waals surface area contributed by atoms with E-state index in [0.29, 0.717) is 23.4 Å². The maximum absolute atomic E-state index is 9.47. The van der Waals surface area contributed by atoms with Gasteiger partial charge in [-0.25, -0.2) is 0 Å². The van der Waals surface area contributed by atoms with Crippen LogP contribution in [0, 0.1) is 0 Å². The van der Waals surface area contributed by atoms with E-state index in [0.717, 1.165) is 34.0 Å². The fourth-order valence-corrected chi connectivity index (χ4v) is 4.92. The Labute approximate surface area is 283 Å². The SMILES string of the molecule is C=C.C=NN(CC(=C)SC(=C)c1ccccc1)c1ccccc1Cl.CC.CCCCCC(NCC)c1cccc(O)c1.CS. The van der Waals surface area contributed by atoms with Gasteiger partial charge in [0.25, 0.3) is 0 Å². The number of unbranched alkanes of at least 4 members (excludes halogenated alkanes) is 2. The molecule has 0 spiro atoms. The number of phenolic OH excluding ortho intramolecular Hbond substituents is 1. The van der Waals surface area contributed by atoms with Crippen molar-refractivity contribution in [1.29, 1.82) is 0 Å². The first kappa shape index (κ1) is 43.2. The van der Waals surface area contributed by atoms with Crippen LogP contribution in [0.5, 0.6) is 5.75 Å². The smallest absolute Gasteiger partial charge is 0.115 e. The quantitative estimate of drug-likeness (QED) is 0.0531. The number of nitrogens with zero attached hydrogens (tertiary/aromatic N) is 2. The fourth-order valence-electron chi connectivity index (χ4n) is 3.90. The maximum atomic E-state index is 9.47. The summed E-state index contributed by atoms with van der Waals surface area (Å²) in [5.74, 6) is 0.357. The molecule has 0 aromatic heterocycles. The molecule has 0 saturated heterocycles. The summed E-state index contributed by atoms with van der Waals surface area (Å²) in [7, 11) is 0. The van der Waals surface area contributed by atoms with Gasteiger partial charge in [0.15, 0.2) is 0 Å². The van der Waals surface area contributed by atoms with E-state index in [1.807, 2.05) is 80.6 Å². The highest BCUT2D eigenvalue weighted by Gasteiger charge is 2.12. The van der Waals surface area contributed by atoms with E-state index in [1.54, 1.807) is 17.3 Å². The molecular weight excluding hydrogens is 602 g/mol. The second-order valence-electron chi connectivity index (χ2n) is 8.78. The molecule has 0 aliphatic heterocycles. The highest BCUT2D eigenvalue weighted by Crippen LogP contribution is 2.33. The molecular formula is C37H54ClN3OS2. The number of hydrogen-bond donors (Lipinski definition) is 3. The minimum Gasteiger partial charge on any atom is -0.508 e. The van der Waals surface area contributed by atoms with E-state index in [-0.39, 0.29) is 0 Å². The van der Waals surface area contributed by atoms with Gasteiger partial charge in [0.2, 0.25) is 0 Å². The van der Waals surface area contributed by atoms with Crippen LogP contribution in [0.2, 0.25) is 5.02 Å². The van der Waals surface area contributed by atoms with Crippen LogP contribution in [0.1, 0.15) is 70.5 Å². The Kier molecular flexibility index (Phi) is 28.3. The Morgan fingerprint density at radius 2 is 1.57 bits per heavy atom. The number of anilines is 1. The second-order valence-corrected chi connectivity index (χ2v) is 10.5. The highest BCUT2D eigenvalue weighted by molar-refractivity contribution is 8.11. The van der Waals surface area contributed by atoms with Crippen molar-refractivity contribution in [3.8, 4) is 5.75 Å². The van der Waals surface area contributed by atoms with Crippen molar-refractivity contribution >= 4 is 53.3 Å². The lowest BCUT2D eigenvalue weighted by molar-refractivity contribution is 0.463. The first-order valence-corrected chi connectivity index (χ1v) is 17.0. The van der Waals surface area contributed by atoms with Gasteiger partial charge in [-0.3, -0.25) is 5.01 Å². The number of aromatic hydroxyl groups is 1. The van der Waals surface area contributed by atoms with Gasteiger partial charge in [-0.15, -0.1) is 13.2 Å². The zero-order valence-corrected chi connectivity index (χ0v) is 29.9. The number of rotatable bonds is 14. The molecule has 0 aliphatic carbocycles. The number of benzene rings is 3. The Morgan fingerprint density at radius 3 is 2.11 bits per heavy atom. The van der Waals surface area contributed by atoms with E-state index in [4.69, 9.17) is 11.6 Å². The lowest BCUT2D eigenvalue weighted by atomic mass is 10.0. The summed E-state index contributed by atoms with van der Waals surface area (Å²) in [6.45, 7) is 27.6. The molecule has 44 heavy (non-hydrogen) atoms. The Morgan fingerprint density at radius 1 is 0.955 bits per heavy atom. The Bertz CT molecular complexity index is 1170. The number of phenols is 1. The van der Waals surface area contributed by atoms with Crippen LogP contribution in [-0.2, 0) is 0 Å². The molecule has 1 atom stereocenters. The summed E-state index contributed by atoms with van der Waals surface area (Å²) < 4.78 is 0. The number of thiol groups is 1. The lowest BCUT2D eigenvalue weighted by Gasteiger charge is -2.21. The molecule has 4 nitrogen and oxygen atoms in total. The van der Waals surface area contributed by atoms with Crippen LogP contribution in [0.3, 0.4) is 0 Å². The number of hydrogen-bond acceptors (Lipinski definition) is 6. The Balaban J connectivity index is 0. The summed E-state index contributed by atoms with van der Waals surface area (Å²) in [6, 6.07) is 25.5. The van der Waals surface area contributed by atoms with E-state index >= 15 is 0 Å². The molecule has 3 aromatic carbocycles. The van der Waals surface area contributed by atoms with E-state index in [1.165, 1.54) is 36.6 Å². The van der Waals surface area contributed by atoms with Gasteiger partial charge in [0.05, 0.1) is 17.3 Å². The number of halogens is 1. The normalized spacial score (nSPS) is 9.98. The van der Waals surface area contributed by atoms with Crippen molar-refractivity contribution in [2.75, 3.05) is 24.4 Å². The van der Waals surface area contributed by atoms with Crippen LogP contribution in [0.15, 0.2) is 115 Å². The van der Waals surface area contributed by atoms with Crippen LogP contribution in [-0.4, -0.2) is 31.2 Å². The summed E-state index contributed by atoms with van der Waals surface area (Å²) in [5, 5.41) is 19.3. The molecule has 3 rings (SSSR count). The maximum Gasteiger partial charge on any atom is 0.115 e. The zero-order valence-electron chi connectivity index (χ0n) is 27.4. The standard InChI is InChI=1S/C18H17ClN2S.C14H23NO.C2H6.C2H4.CH4S/c1-14(22-15(2)16-9-5-4-6-10-16)13-21(20-3)18-12-8-7-11-17(18)19;1-3-5-6-10-14(15-4-2)12-8-7-9-13(16)11-12;3*1-2/h4-12H,1-3,13H2;7-9,11,14-16H,3-6,10H2,1-2H3;1-2H3;1-2H2;2H,1H3. The summed E-state index contributed by atoms with van der Waals surface area (Å²) in [4.78, 5) is 1.87. The minimum absolute atomic E-state index is 0.357. The first-order valence-electron chi connectivity index (χ1n) is 14.9. The predicted molar refractivity (Wildman–Crippen MR) is 207 cm³/mol. The van der Waals surface area contributed by atoms with Gasteiger partial charge in [-0.1, -0.05) is 138 Å². The van der Waals surface area contributed by atoms with Gasteiger partial charge in [0.1, 0.15) is 5.75 Å². The summed E-state index contributed by atoms with van der Waals surface area (Å²) >= 11 is 11.3. The van der Waals surface area contributed by atoms with Gasteiger partial charge in [-0.05, 0) is 54.6 Å². The van der Waals surface area contributed by atoms with E-state index in [2.05, 4.69) is 76.0 Å². The number of hydrazone groups is 1. The number of thioether (sulfide) groups is 1. The van der Waals surface area contributed by atoms with Crippen LogP contribution in [0.25, 0.3) is 4.91 Å². The van der Waals surface area contributed by atoms with Crippen LogP contribution < -0.4 is 10.3 Å². The van der Waals surface area contributed by atoms with Crippen LogP contribution in [0.4, 0.5) is 5.69 Å². The second kappa shape index (κ2) is 28.8. The Hall–Kier alpha value is -2.90. The van der Waals surface area contributed by atoms with Crippen molar-refractivity contribution in [1.82, 2.24) is 5.32 Å². The molecule has 0 radical (unpaired) electrons. The molecule has 1 unspecified atom stereocenters. The topological polar surface area (TPSA) is 47.9 Å². The van der Waals surface area contributed by atoms with Gasteiger partial charge in [-0.2, -0.15) is 17.7 Å². The van der Waals surface area contributed by atoms with Gasteiger partial charge < -0.3 is 10.4 Å². The highest BCUT2D eigenvalue weighted by atomic mass is 35.5. The molecule has 3 aromatic rings. The van der Waals surface area contributed by atoms with Crippen molar-refractivity contribution in [3.63, 3.8) is 0 Å². The minimum atomic E-state index is 0.357. The molecule has 7 heteroatoms. The third kappa shape index (κ3) is 18.0. The third-order valence-corrected chi connectivity index (χ3v) is 7.03. The first-order chi connectivity index (χ1) is 21.4. The summed E-state index contributed by atoms with van der Waals surface area (Å²) in [6.07, 6.45) is 6.61. The van der Waals surface area contributed by atoms with Crippen molar-refractivity contribution in [2.45, 2.75) is 59.4 Å². The fraction of sp³-hybridized carbons (Fsp3) is 0.324. The molecule has 0 saturated carbocycles. The van der Waals surface area contributed by atoms with E-state index < -0.39 is 0 Å². The zero-order chi connectivity index (χ0) is 33.8. The molecule has 0 fully saturated rings. The molecule has 0 aliphatic rings. The van der Waals surface area contributed by atoms with Crippen molar-refractivity contribution in [3.05, 3.63) is 126 Å². The van der Waals surface area contributed by atoms with Crippen LogP contribution >= 0.6 is 36.0 Å². The molecule has 242 valence electrons. The molecule has 0 heterocycles.